The Morgan fingerprint density at radius 1 is 0.892 bits per heavy atom. The van der Waals surface area contributed by atoms with Gasteiger partial charge in [0, 0.05) is 104 Å². The highest BCUT2D eigenvalue weighted by molar-refractivity contribution is 7.97. The maximum Gasteiger partial charge on any atom is 0.225 e. The molecule has 1 amide bonds. The maximum atomic E-state index is 14.5. The number of anilines is 2. The summed E-state index contributed by atoms with van der Waals surface area (Å²) in [5.41, 5.74) is 2.45. The zero-order valence-electron chi connectivity index (χ0n) is 43.7. The van der Waals surface area contributed by atoms with Crippen LogP contribution in [-0.4, -0.2) is 126 Å². The van der Waals surface area contributed by atoms with E-state index in [4.69, 9.17) is 26.3 Å². The van der Waals surface area contributed by atoms with Crippen LogP contribution in [0.25, 0.3) is 32.7 Å². The van der Waals surface area contributed by atoms with Crippen LogP contribution in [0.5, 0.6) is 0 Å². The quantitative estimate of drug-likeness (QED) is 0.0826. The molecule has 2 saturated heterocycles. The number of hydrogen-bond donors (Lipinski definition) is 3. The Morgan fingerprint density at radius 3 is 2.14 bits per heavy atom. The number of rotatable bonds is 15. The Morgan fingerprint density at radius 2 is 1.51 bits per heavy atom. The van der Waals surface area contributed by atoms with Gasteiger partial charge in [-0.15, -0.1) is 20.4 Å². The van der Waals surface area contributed by atoms with E-state index >= 15 is 0 Å². The van der Waals surface area contributed by atoms with Crippen molar-refractivity contribution < 1.29 is 13.9 Å². The molecule has 23 heteroatoms. The highest BCUT2D eigenvalue weighted by Crippen LogP contribution is 2.52. The zero-order chi connectivity index (χ0) is 52.3. The van der Waals surface area contributed by atoms with Gasteiger partial charge >= 0.3 is 0 Å². The van der Waals surface area contributed by atoms with Crippen molar-refractivity contribution in [2.75, 3.05) is 62.8 Å². The molecule has 6 aromatic rings. The van der Waals surface area contributed by atoms with E-state index in [-0.39, 0.29) is 22.9 Å². The molecule has 17 nitrogen and oxygen atoms in total. The second-order valence-corrected chi connectivity index (χ2v) is 25.5. The standard InChI is InChI=1S/C27H33ClN8O2S2.C22H28FN7S2.C2H6/c1-16(2)24(37)35-9-7-34(8-10-35)19-11-18(40-33-26(3)12-17(26)14-38-4)13-36-20(19)21(28)30-22(36)23-31-32-25(39-23)27(15-29)5-6-27;1-13-10-29(11-14(2)25-13)16-8-15(32-28-21(3)4-5-21)12-30-17(16)9-24-18(30)19-26-27-20(31-19)22(23)6-7-22;1-2/h11,13,16-17,33H,5-10,12,14H2,1-4H3;8-9,12-14,25,28H,4-7,10-11H2,1-3H3;1-2H3/t17-,26+;13-,14?;/m00./s1. The van der Waals surface area contributed by atoms with E-state index in [9.17, 15) is 14.4 Å². The first-order valence-electron chi connectivity index (χ1n) is 25.9. The van der Waals surface area contributed by atoms with Crippen LogP contribution in [0.15, 0.2) is 40.5 Å². The molecule has 6 aliphatic rings. The van der Waals surface area contributed by atoms with E-state index in [2.05, 4.69) is 101 Å². The van der Waals surface area contributed by atoms with Gasteiger partial charge < -0.3 is 24.8 Å². The molecule has 396 valence electrons. The number of aromatic nitrogens is 8. The number of amides is 1. The number of methoxy groups -OCH3 is 1. The number of imidazole rings is 2. The van der Waals surface area contributed by atoms with Gasteiger partial charge in [-0.1, -0.05) is 62.0 Å². The smallest absolute Gasteiger partial charge is 0.225 e. The molecule has 74 heavy (non-hydrogen) atoms. The van der Waals surface area contributed by atoms with Gasteiger partial charge in [0.2, 0.25) is 5.91 Å². The van der Waals surface area contributed by atoms with E-state index < -0.39 is 11.1 Å². The van der Waals surface area contributed by atoms with Gasteiger partial charge in [0.15, 0.2) is 37.5 Å². The van der Waals surface area contributed by atoms with Crippen LogP contribution in [-0.2, 0) is 20.6 Å². The number of ether oxygens (including phenoxy) is 1. The maximum absolute atomic E-state index is 14.5. The summed E-state index contributed by atoms with van der Waals surface area (Å²) in [4.78, 5) is 30.9. The fraction of sp³-hybridized carbons (Fsp3) is 0.608. The number of nitrogens with one attached hydrogen (secondary N) is 3. The lowest BCUT2D eigenvalue weighted by Crippen LogP contribution is -2.54. The van der Waals surface area contributed by atoms with Crippen molar-refractivity contribution in [3.63, 3.8) is 0 Å². The highest BCUT2D eigenvalue weighted by Gasteiger charge is 2.51. The fourth-order valence-electron chi connectivity index (χ4n) is 9.65. The van der Waals surface area contributed by atoms with Crippen molar-refractivity contribution in [1.29, 1.82) is 5.26 Å². The second-order valence-electron chi connectivity index (χ2n) is 21.5. The van der Waals surface area contributed by atoms with Crippen LogP contribution >= 0.6 is 58.2 Å². The Kier molecular flexibility index (Phi) is 15.1. The number of pyridine rings is 2. The number of halogens is 2. The van der Waals surface area contributed by atoms with Crippen LogP contribution in [0.4, 0.5) is 15.8 Å². The Hall–Kier alpha value is -4.18. The van der Waals surface area contributed by atoms with E-state index in [1.165, 1.54) is 41.2 Å². The average Bonchev–Trinajstić information content (AvgIpc) is 4.37. The fourth-order valence-corrected chi connectivity index (χ4v) is 13.7. The van der Waals surface area contributed by atoms with Crippen molar-refractivity contribution in [1.82, 2.24) is 58.8 Å². The van der Waals surface area contributed by atoms with Gasteiger partial charge in [0.25, 0.3) is 0 Å². The van der Waals surface area contributed by atoms with Gasteiger partial charge in [0.1, 0.15) is 15.9 Å². The number of piperazine rings is 2. The van der Waals surface area contributed by atoms with Gasteiger partial charge in [-0.3, -0.25) is 23.0 Å². The van der Waals surface area contributed by atoms with E-state index in [0.29, 0.717) is 83.0 Å². The number of hydrogen-bond acceptors (Lipinski definition) is 18. The molecule has 0 radical (unpaired) electrons. The van der Waals surface area contributed by atoms with Crippen molar-refractivity contribution >= 4 is 86.5 Å². The number of nitrogens with zero attached hydrogens (tertiary/aromatic N) is 12. The summed E-state index contributed by atoms with van der Waals surface area (Å²) in [5.74, 6) is 1.99. The van der Waals surface area contributed by atoms with Crippen molar-refractivity contribution in [2.45, 2.75) is 144 Å². The van der Waals surface area contributed by atoms with Crippen LogP contribution in [0.2, 0.25) is 5.15 Å². The van der Waals surface area contributed by atoms with Gasteiger partial charge in [-0.05, 0) is 109 Å². The molecule has 8 heterocycles. The first-order chi connectivity index (χ1) is 35.5. The van der Waals surface area contributed by atoms with Crippen LogP contribution in [0.3, 0.4) is 0 Å². The molecule has 4 aliphatic carbocycles. The molecule has 4 saturated carbocycles. The molecule has 6 fully saturated rings. The molecular formula is C51H67ClFN15O2S4. The van der Waals surface area contributed by atoms with E-state index in [0.717, 1.165) is 76.3 Å². The third-order valence-electron chi connectivity index (χ3n) is 14.8. The normalized spacial score (nSPS) is 24.0. The van der Waals surface area contributed by atoms with Crippen molar-refractivity contribution in [3.05, 3.63) is 45.9 Å². The van der Waals surface area contributed by atoms with Gasteiger partial charge in [-0.25, -0.2) is 14.4 Å². The lowest BCUT2D eigenvalue weighted by Gasteiger charge is -2.38. The minimum Gasteiger partial charge on any atom is -0.384 e. The average molecular weight is 1100 g/mol. The highest BCUT2D eigenvalue weighted by atomic mass is 35.5. The molecule has 3 N–H and O–H groups in total. The topological polar surface area (TPSA) is 182 Å². The molecule has 12 rings (SSSR count). The minimum absolute atomic E-state index is 0.0120. The number of carbonyl (C=O) groups excluding carboxylic acids is 1. The first-order valence-corrected chi connectivity index (χ1v) is 29.6. The summed E-state index contributed by atoms with van der Waals surface area (Å²) < 4.78 is 31.3. The largest absolute Gasteiger partial charge is 0.384 e. The molecule has 4 atom stereocenters. The van der Waals surface area contributed by atoms with Crippen molar-refractivity contribution in [3.8, 4) is 27.7 Å². The van der Waals surface area contributed by atoms with Crippen LogP contribution in [0.1, 0.15) is 110 Å². The molecule has 1 unspecified atom stereocenters. The van der Waals surface area contributed by atoms with E-state index in [1.807, 2.05) is 49.4 Å². The number of nitriles is 1. The number of fused-ring (bicyclic) bond motifs is 2. The SMILES string of the molecule is CC.CC1CN(c2cc(SNC3(C)CC3)cn3c(-c4nnc(C5(F)CC5)s4)ncc23)C[C@H](C)N1.COC[C@@H]1C[C@@]1(C)NSc1cc(N2CCN(C(=O)C(C)C)CC2)c2c(Cl)nc(-c3nnc(C4(C#N)CC4)s3)n2c1. The van der Waals surface area contributed by atoms with Gasteiger partial charge in [0.05, 0.1) is 35.8 Å². The number of carbonyl (C=O) groups is 1. The molecule has 6 aromatic heterocycles. The van der Waals surface area contributed by atoms with Crippen LogP contribution in [0, 0.1) is 23.2 Å². The summed E-state index contributed by atoms with van der Waals surface area (Å²) in [6, 6.07) is 7.64. The Bertz CT molecular complexity index is 3050. The third kappa shape index (κ3) is 10.9. The molecule has 2 aliphatic heterocycles. The summed E-state index contributed by atoms with van der Waals surface area (Å²) in [6.07, 6.45) is 12.2. The summed E-state index contributed by atoms with van der Waals surface area (Å²) in [6.45, 7) is 22.1. The minimum atomic E-state index is -1.27. The monoisotopic (exact) mass is 1100 g/mol. The summed E-state index contributed by atoms with van der Waals surface area (Å²) in [7, 11) is 1.74. The molecular weight excluding hydrogens is 1040 g/mol. The van der Waals surface area contributed by atoms with Gasteiger partial charge in [-0.2, -0.15) is 5.26 Å². The summed E-state index contributed by atoms with van der Waals surface area (Å²) in [5, 5.41) is 33.4. The Labute approximate surface area is 454 Å². The molecule has 0 spiro atoms. The summed E-state index contributed by atoms with van der Waals surface area (Å²) >= 11 is 12.8. The lowest BCUT2D eigenvalue weighted by molar-refractivity contribution is -0.134. The van der Waals surface area contributed by atoms with E-state index in [1.54, 1.807) is 31.0 Å². The third-order valence-corrected chi connectivity index (χ3v) is 19.4. The van der Waals surface area contributed by atoms with Crippen molar-refractivity contribution in [2.24, 2.45) is 11.8 Å². The lowest BCUT2D eigenvalue weighted by atomic mass is 10.1. The predicted octanol–water partition coefficient (Wildman–Crippen LogP) is 9.56. The predicted molar refractivity (Wildman–Crippen MR) is 295 cm³/mol. The first kappa shape index (κ1) is 53.2. The van der Waals surface area contributed by atoms with Crippen LogP contribution < -0.4 is 24.6 Å². The number of alkyl halides is 1. The molecule has 0 bridgehead atoms. The zero-order valence-corrected chi connectivity index (χ0v) is 47.7. The second kappa shape index (κ2) is 21.0. The molecule has 0 aromatic carbocycles. The Balaban J connectivity index is 0.000000167.